The molecule has 2 aromatic rings. The van der Waals surface area contributed by atoms with Crippen LogP contribution in [-0.4, -0.2) is 19.2 Å². The standard InChI is InChI=1S/C15H12Cl2N2O2/c1-21-14-7-2-10(8-13(14)17)9-18-19-15(20)11-3-5-12(16)6-4-11/h2-9H,1H3,(H,19,20)/b18-9-. The van der Waals surface area contributed by atoms with Gasteiger partial charge in [0.15, 0.2) is 0 Å². The predicted octanol–water partition coefficient (Wildman–Crippen LogP) is 3.77. The summed E-state index contributed by atoms with van der Waals surface area (Å²) in [4.78, 5) is 11.8. The molecule has 0 fully saturated rings. The normalized spacial score (nSPS) is 10.6. The Morgan fingerprint density at radius 2 is 1.90 bits per heavy atom. The molecule has 0 bridgehead atoms. The van der Waals surface area contributed by atoms with Crippen LogP contribution in [-0.2, 0) is 0 Å². The third kappa shape index (κ3) is 4.21. The van der Waals surface area contributed by atoms with Crippen LogP contribution in [0.2, 0.25) is 10.0 Å². The Labute approximate surface area is 132 Å². The van der Waals surface area contributed by atoms with Crippen LogP contribution in [0.5, 0.6) is 5.75 Å². The molecule has 6 heteroatoms. The van der Waals surface area contributed by atoms with Crippen molar-refractivity contribution >= 4 is 35.3 Å². The number of rotatable bonds is 4. The molecule has 21 heavy (non-hydrogen) atoms. The third-order valence-corrected chi connectivity index (χ3v) is 3.21. The average Bonchev–Trinajstić information content (AvgIpc) is 2.48. The molecule has 0 saturated heterocycles. The molecule has 108 valence electrons. The molecule has 0 saturated carbocycles. The Kier molecular flexibility index (Phi) is 5.20. The number of benzene rings is 2. The van der Waals surface area contributed by atoms with Crippen LogP contribution in [0.3, 0.4) is 0 Å². The number of amides is 1. The van der Waals surface area contributed by atoms with E-state index in [0.29, 0.717) is 21.4 Å². The summed E-state index contributed by atoms with van der Waals surface area (Å²) in [6.07, 6.45) is 1.50. The lowest BCUT2D eigenvalue weighted by molar-refractivity contribution is 0.0955. The van der Waals surface area contributed by atoms with Crippen molar-refractivity contribution in [2.24, 2.45) is 5.10 Å². The molecule has 1 N–H and O–H groups in total. The Morgan fingerprint density at radius 3 is 2.52 bits per heavy atom. The summed E-state index contributed by atoms with van der Waals surface area (Å²) in [5.41, 5.74) is 3.65. The van der Waals surface area contributed by atoms with E-state index >= 15 is 0 Å². The van der Waals surface area contributed by atoms with Gasteiger partial charge < -0.3 is 4.74 Å². The lowest BCUT2D eigenvalue weighted by Gasteiger charge is -2.03. The van der Waals surface area contributed by atoms with Gasteiger partial charge in [-0.3, -0.25) is 4.79 Å². The molecule has 0 aliphatic heterocycles. The number of hydrogen-bond donors (Lipinski definition) is 1. The summed E-state index contributed by atoms with van der Waals surface area (Å²) in [5, 5.41) is 4.93. The monoisotopic (exact) mass is 322 g/mol. The molecule has 0 heterocycles. The van der Waals surface area contributed by atoms with Crippen molar-refractivity contribution in [3.8, 4) is 5.75 Å². The van der Waals surface area contributed by atoms with Crippen molar-refractivity contribution in [1.29, 1.82) is 0 Å². The second kappa shape index (κ2) is 7.11. The molecule has 0 aliphatic rings. The molecular weight excluding hydrogens is 311 g/mol. The van der Waals surface area contributed by atoms with Crippen LogP contribution >= 0.6 is 23.2 Å². The zero-order chi connectivity index (χ0) is 15.2. The molecule has 0 aromatic heterocycles. The molecule has 0 radical (unpaired) electrons. The van der Waals surface area contributed by atoms with Gasteiger partial charge >= 0.3 is 0 Å². The Hall–Kier alpha value is -2.04. The first-order valence-corrected chi connectivity index (χ1v) is 6.78. The summed E-state index contributed by atoms with van der Waals surface area (Å²) >= 11 is 11.8. The first kappa shape index (κ1) is 15.4. The number of hydrazone groups is 1. The van der Waals surface area contributed by atoms with Crippen LogP contribution in [0, 0.1) is 0 Å². The number of methoxy groups -OCH3 is 1. The molecule has 1 amide bonds. The van der Waals surface area contributed by atoms with E-state index in [4.69, 9.17) is 27.9 Å². The molecule has 0 aliphatic carbocycles. The predicted molar refractivity (Wildman–Crippen MR) is 84.5 cm³/mol. The van der Waals surface area contributed by atoms with Gasteiger partial charge in [0, 0.05) is 10.6 Å². The highest BCUT2D eigenvalue weighted by atomic mass is 35.5. The highest BCUT2D eigenvalue weighted by molar-refractivity contribution is 6.32. The number of carbonyl (C=O) groups is 1. The van der Waals surface area contributed by atoms with E-state index in [-0.39, 0.29) is 5.91 Å². The van der Waals surface area contributed by atoms with Gasteiger partial charge in [0.2, 0.25) is 0 Å². The first-order valence-electron chi connectivity index (χ1n) is 6.02. The van der Waals surface area contributed by atoms with Crippen LogP contribution < -0.4 is 10.2 Å². The second-order valence-corrected chi connectivity index (χ2v) is 4.94. The summed E-state index contributed by atoms with van der Waals surface area (Å²) < 4.78 is 5.05. The van der Waals surface area contributed by atoms with Crippen molar-refractivity contribution in [2.75, 3.05) is 7.11 Å². The molecule has 2 aromatic carbocycles. The Morgan fingerprint density at radius 1 is 1.19 bits per heavy atom. The molecule has 0 atom stereocenters. The maximum absolute atomic E-state index is 11.8. The third-order valence-electron chi connectivity index (χ3n) is 2.66. The van der Waals surface area contributed by atoms with E-state index in [0.717, 1.165) is 5.56 Å². The van der Waals surface area contributed by atoms with E-state index < -0.39 is 0 Å². The first-order chi connectivity index (χ1) is 10.1. The van der Waals surface area contributed by atoms with Gasteiger partial charge in [0.05, 0.1) is 18.3 Å². The molecule has 2 rings (SSSR count). The van der Waals surface area contributed by atoms with E-state index in [1.807, 2.05) is 0 Å². The molecule has 4 nitrogen and oxygen atoms in total. The van der Waals surface area contributed by atoms with Crippen LogP contribution in [0.4, 0.5) is 0 Å². The fourth-order valence-electron chi connectivity index (χ4n) is 1.59. The minimum Gasteiger partial charge on any atom is -0.495 e. The second-order valence-electron chi connectivity index (χ2n) is 4.10. The van der Waals surface area contributed by atoms with Gasteiger partial charge in [0.25, 0.3) is 5.91 Å². The van der Waals surface area contributed by atoms with Crippen LogP contribution in [0.1, 0.15) is 15.9 Å². The number of nitrogens with zero attached hydrogens (tertiary/aromatic N) is 1. The van der Waals surface area contributed by atoms with Crippen molar-refractivity contribution < 1.29 is 9.53 Å². The fraction of sp³-hybridized carbons (Fsp3) is 0.0667. The van der Waals surface area contributed by atoms with E-state index in [9.17, 15) is 4.79 Å². The van der Waals surface area contributed by atoms with Crippen molar-refractivity contribution in [3.63, 3.8) is 0 Å². The van der Waals surface area contributed by atoms with Gasteiger partial charge in [-0.15, -0.1) is 0 Å². The summed E-state index contributed by atoms with van der Waals surface area (Å²) in [6, 6.07) is 11.7. The minimum atomic E-state index is -0.317. The zero-order valence-electron chi connectivity index (χ0n) is 11.1. The zero-order valence-corrected chi connectivity index (χ0v) is 12.7. The van der Waals surface area contributed by atoms with Crippen molar-refractivity contribution in [2.45, 2.75) is 0 Å². The van der Waals surface area contributed by atoms with Gasteiger partial charge in [0.1, 0.15) is 5.75 Å². The lowest BCUT2D eigenvalue weighted by Crippen LogP contribution is -2.17. The van der Waals surface area contributed by atoms with Crippen LogP contribution in [0.15, 0.2) is 47.6 Å². The number of hydrogen-bond acceptors (Lipinski definition) is 3. The Balaban J connectivity index is 2.00. The quantitative estimate of drug-likeness (QED) is 0.688. The van der Waals surface area contributed by atoms with E-state index in [1.54, 1.807) is 49.6 Å². The van der Waals surface area contributed by atoms with E-state index in [1.165, 1.54) is 6.21 Å². The van der Waals surface area contributed by atoms with Gasteiger partial charge in [-0.1, -0.05) is 23.2 Å². The average molecular weight is 323 g/mol. The SMILES string of the molecule is COc1ccc(/C=N\NC(=O)c2ccc(Cl)cc2)cc1Cl. The Bertz CT molecular complexity index is 670. The molecule has 0 spiro atoms. The summed E-state index contributed by atoms with van der Waals surface area (Å²) in [7, 11) is 1.54. The fourth-order valence-corrected chi connectivity index (χ4v) is 1.99. The lowest BCUT2D eigenvalue weighted by atomic mass is 10.2. The minimum absolute atomic E-state index is 0.317. The van der Waals surface area contributed by atoms with Gasteiger partial charge in [-0.05, 0) is 48.0 Å². The van der Waals surface area contributed by atoms with E-state index in [2.05, 4.69) is 10.5 Å². The summed E-state index contributed by atoms with van der Waals surface area (Å²) in [5.74, 6) is 0.265. The largest absolute Gasteiger partial charge is 0.495 e. The highest BCUT2D eigenvalue weighted by Crippen LogP contribution is 2.24. The number of nitrogens with one attached hydrogen (secondary N) is 1. The van der Waals surface area contributed by atoms with Crippen LogP contribution in [0.25, 0.3) is 0 Å². The molecular formula is C15H12Cl2N2O2. The number of halogens is 2. The van der Waals surface area contributed by atoms with Gasteiger partial charge in [-0.25, -0.2) is 5.43 Å². The maximum atomic E-state index is 11.8. The van der Waals surface area contributed by atoms with Crippen molar-refractivity contribution in [3.05, 3.63) is 63.6 Å². The van der Waals surface area contributed by atoms with Crippen molar-refractivity contribution in [1.82, 2.24) is 5.43 Å². The topological polar surface area (TPSA) is 50.7 Å². The number of ether oxygens (including phenoxy) is 1. The van der Waals surface area contributed by atoms with Gasteiger partial charge in [-0.2, -0.15) is 5.10 Å². The number of carbonyl (C=O) groups excluding carboxylic acids is 1. The maximum Gasteiger partial charge on any atom is 0.271 e. The molecule has 0 unspecified atom stereocenters. The smallest absolute Gasteiger partial charge is 0.271 e. The summed E-state index contributed by atoms with van der Waals surface area (Å²) in [6.45, 7) is 0. The highest BCUT2D eigenvalue weighted by Gasteiger charge is 2.03.